The highest BCUT2D eigenvalue weighted by molar-refractivity contribution is 6.01. The number of pyridine rings is 2. The molecule has 0 saturated heterocycles. The molecule has 0 aliphatic rings. The lowest BCUT2D eigenvalue weighted by molar-refractivity contribution is 0.197. The Balaban J connectivity index is 2.47. The minimum atomic E-state index is -1.08. The lowest BCUT2D eigenvalue weighted by Crippen LogP contribution is -2.10. The van der Waals surface area contributed by atoms with Crippen molar-refractivity contribution >= 4 is 22.9 Å². The molecule has 0 unspecified atom stereocenters. The molecule has 0 saturated carbocycles. The van der Waals surface area contributed by atoms with Crippen molar-refractivity contribution in [2.24, 2.45) is 0 Å². The number of fused-ring (bicyclic) bond motifs is 1. The molecule has 3 aromatic heterocycles. The van der Waals surface area contributed by atoms with Crippen LogP contribution < -0.4 is 5.73 Å². The van der Waals surface area contributed by atoms with Crippen LogP contribution in [0.4, 0.5) is 10.6 Å². The van der Waals surface area contributed by atoms with E-state index in [1.165, 1.54) is 0 Å². The molecule has 0 amide bonds. The second-order valence-electron chi connectivity index (χ2n) is 4.82. The third-order valence-electron chi connectivity index (χ3n) is 3.54. The molecule has 0 bridgehead atoms. The Bertz CT molecular complexity index is 867. The second kappa shape index (κ2) is 4.59. The molecule has 0 aromatic carbocycles. The van der Waals surface area contributed by atoms with Crippen LogP contribution in [-0.4, -0.2) is 25.7 Å². The molecule has 3 rings (SSSR count). The summed E-state index contributed by atoms with van der Waals surface area (Å²) >= 11 is 0. The number of aryl methyl sites for hydroxylation is 1. The smallest absolute Gasteiger partial charge is 0.417 e. The molecule has 0 atom stereocenters. The van der Waals surface area contributed by atoms with Crippen LogP contribution in [0.3, 0.4) is 0 Å². The molecular formula is C15H14N4O2. The molecule has 6 nitrogen and oxygen atoms in total. The molecule has 3 heterocycles. The Morgan fingerprint density at radius 3 is 2.71 bits per heavy atom. The van der Waals surface area contributed by atoms with E-state index in [0.29, 0.717) is 11.3 Å². The van der Waals surface area contributed by atoms with Gasteiger partial charge >= 0.3 is 6.09 Å². The van der Waals surface area contributed by atoms with Crippen LogP contribution in [0, 0.1) is 13.8 Å². The SMILES string of the molecule is Cc1ncccc1-c1c(C)n(C(=O)O)c2nc(N)ccc12. The first kappa shape index (κ1) is 13.1. The van der Waals surface area contributed by atoms with Gasteiger partial charge in [0.2, 0.25) is 0 Å². The average molecular weight is 282 g/mol. The van der Waals surface area contributed by atoms with Gasteiger partial charge in [-0.1, -0.05) is 6.07 Å². The zero-order valence-corrected chi connectivity index (χ0v) is 11.7. The van der Waals surface area contributed by atoms with Crippen LogP contribution in [0.25, 0.3) is 22.2 Å². The van der Waals surface area contributed by atoms with Gasteiger partial charge in [-0.2, -0.15) is 0 Å². The highest BCUT2D eigenvalue weighted by Gasteiger charge is 2.21. The van der Waals surface area contributed by atoms with E-state index in [1.807, 2.05) is 19.1 Å². The fourth-order valence-electron chi connectivity index (χ4n) is 2.62. The number of rotatable bonds is 1. The number of anilines is 1. The highest BCUT2D eigenvalue weighted by Crippen LogP contribution is 2.35. The van der Waals surface area contributed by atoms with Gasteiger partial charge in [0, 0.05) is 34.1 Å². The van der Waals surface area contributed by atoms with E-state index in [9.17, 15) is 9.90 Å². The predicted octanol–water partition coefficient (Wildman–Crippen LogP) is 2.82. The summed E-state index contributed by atoms with van der Waals surface area (Å²) in [6, 6.07) is 7.22. The number of hydrogen-bond donors (Lipinski definition) is 2. The van der Waals surface area contributed by atoms with E-state index < -0.39 is 6.09 Å². The number of nitrogen functional groups attached to an aromatic ring is 1. The molecule has 0 aliphatic heterocycles. The van der Waals surface area contributed by atoms with Crippen molar-refractivity contribution < 1.29 is 9.90 Å². The fourth-order valence-corrected chi connectivity index (χ4v) is 2.62. The van der Waals surface area contributed by atoms with Crippen LogP contribution in [0.2, 0.25) is 0 Å². The van der Waals surface area contributed by atoms with Crippen LogP contribution in [0.15, 0.2) is 30.5 Å². The van der Waals surface area contributed by atoms with Crippen LogP contribution >= 0.6 is 0 Å². The van der Waals surface area contributed by atoms with Crippen molar-refractivity contribution in [3.8, 4) is 11.1 Å². The summed E-state index contributed by atoms with van der Waals surface area (Å²) in [5.41, 5.74) is 9.19. The number of nitrogens with two attached hydrogens (primary N) is 1. The minimum absolute atomic E-state index is 0.289. The lowest BCUT2D eigenvalue weighted by Gasteiger charge is -2.05. The third-order valence-corrected chi connectivity index (χ3v) is 3.54. The van der Waals surface area contributed by atoms with Crippen molar-refractivity contribution in [1.82, 2.24) is 14.5 Å². The zero-order valence-electron chi connectivity index (χ0n) is 11.7. The molecule has 0 aliphatic carbocycles. The van der Waals surface area contributed by atoms with Crippen LogP contribution in [-0.2, 0) is 0 Å². The monoisotopic (exact) mass is 282 g/mol. The molecule has 0 spiro atoms. The molecule has 3 N–H and O–H groups in total. The second-order valence-corrected chi connectivity index (χ2v) is 4.82. The Hall–Kier alpha value is -2.89. The highest BCUT2D eigenvalue weighted by atomic mass is 16.4. The maximum absolute atomic E-state index is 11.5. The Kier molecular flexibility index (Phi) is 2.86. The van der Waals surface area contributed by atoms with Crippen LogP contribution in [0.5, 0.6) is 0 Å². The Labute approximate surface area is 120 Å². The Morgan fingerprint density at radius 1 is 1.29 bits per heavy atom. The zero-order chi connectivity index (χ0) is 15.1. The summed E-state index contributed by atoms with van der Waals surface area (Å²) < 4.78 is 1.16. The van der Waals surface area contributed by atoms with Crippen molar-refractivity contribution in [1.29, 1.82) is 0 Å². The van der Waals surface area contributed by atoms with Gasteiger partial charge in [0.15, 0.2) is 5.65 Å². The van der Waals surface area contributed by atoms with Gasteiger partial charge in [0.1, 0.15) is 5.82 Å². The van der Waals surface area contributed by atoms with E-state index >= 15 is 0 Å². The molecule has 21 heavy (non-hydrogen) atoms. The molecular weight excluding hydrogens is 268 g/mol. The van der Waals surface area contributed by atoms with E-state index in [2.05, 4.69) is 9.97 Å². The number of aromatic nitrogens is 3. The van der Waals surface area contributed by atoms with Crippen LogP contribution in [0.1, 0.15) is 11.4 Å². The molecule has 0 radical (unpaired) electrons. The summed E-state index contributed by atoms with van der Waals surface area (Å²) in [6.45, 7) is 3.65. The molecule has 6 heteroatoms. The standard InChI is InChI=1S/C15H14N4O2/c1-8-10(4-3-7-17-8)13-9(2)19(15(20)21)14-11(13)5-6-12(16)18-14/h3-7H,1-2H3,(H2,16,18)(H,20,21). The van der Waals surface area contributed by atoms with E-state index in [1.54, 1.807) is 25.3 Å². The van der Waals surface area contributed by atoms with Gasteiger partial charge in [0.05, 0.1) is 0 Å². The first-order chi connectivity index (χ1) is 10.0. The molecule has 3 aromatic rings. The number of hydrogen-bond acceptors (Lipinski definition) is 4. The van der Waals surface area contributed by atoms with Crippen molar-refractivity contribution in [3.63, 3.8) is 0 Å². The number of nitrogens with zero attached hydrogens (tertiary/aromatic N) is 3. The van der Waals surface area contributed by atoms with Gasteiger partial charge < -0.3 is 10.8 Å². The maximum Gasteiger partial charge on any atom is 0.417 e. The van der Waals surface area contributed by atoms with Gasteiger partial charge in [-0.15, -0.1) is 0 Å². The lowest BCUT2D eigenvalue weighted by atomic mass is 10.0. The van der Waals surface area contributed by atoms with Gasteiger partial charge in [-0.25, -0.2) is 14.3 Å². The van der Waals surface area contributed by atoms with Gasteiger partial charge in [-0.3, -0.25) is 4.98 Å². The molecule has 0 fully saturated rings. The first-order valence-corrected chi connectivity index (χ1v) is 6.43. The summed E-state index contributed by atoms with van der Waals surface area (Å²) in [7, 11) is 0. The summed E-state index contributed by atoms with van der Waals surface area (Å²) in [4.78, 5) is 20.0. The maximum atomic E-state index is 11.5. The van der Waals surface area contributed by atoms with Crippen molar-refractivity contribution in [2.45, 2.75) is 13.8 Å². The minimum Gasteiger partial charge on any atom is -0.464 e. The summed E-state index contributed by atoms with van der Waals surface area (Å²) in [5.74, 6) is 0.289. The summed E-state index contributed by atoms with van der Waals surface area (Å²) in [6.07, 6.45) is 0.629. The third kappa shape index (κ3) is 1.92. The van der Waals surface area contributed by atoms with E-state index in [0.717, 1.165) is 26.8 Å². The largest absolute Gasteiger partial charge is 0.464 e. The number of carboxylic acid groups (broad SMARTS) is 1. The first-order valence-electron chi connectivity index (χ1n) is 6.43. The topological polar surface area (TPSA) is 94.0 Å². The normalized spacial score (nSPS) is 11.0. The van der Waals surface area contributed by atoms with Gasteiger partial charge in [-0.05, 0) is 32.0 Å². The molecule has 106 valence electrons. The van der Waals surface area contributed by atoms with Gasteiger partial charge in [0.25, 0.3) is 0 Å². The quantitative estimate of drug-likeness (QED) is 0.715. The number of carbonyl (C=O) groups is 1. The van der Waals surface area contributed by atoms with Crippen molar-refractivity contribution in [2.75, 3.05) is 5.73 Å². The summed E-state index contributed by atoms with van der Waals surface area (Å²) in [5, 5.41) is 10.2. The predicted molar refractivity (Wildman–Crippen MR) is 80.3 cm³/mol. The van der Waals surface area contributed by atoms with E-state index in [4.69, 9.17) is 5.73 Å². The average Bonchev–Trinajstić information content (AvgIpc) is 2.71. The fraction of sp³-hybridized carbons (Fsp3) is 0.133. The van der Waals surface area contributed by atoms with Crippen molar-refractivity contribution in [3.05, 3.63) is 41.9 Å². The van der Waals surface area contributed by atoms with E-state index in [-0.39, 0.29) is 5.82 Å². The Morgan fingerprint density at radius 2 is 2.05 bits per heavy atom.